The number of carbonyl (C=O) groups is 1. The standard InChI is InChI=1S/C18H16FN7O/c1-24-14(4-6-22-24)18(27)25-8-5-12-16(21-10-20-12)17(25)13-9-15-11(19)3-2-7-26(15)23-13/h2-4,6-7,9-10,17H,5,8H2,1H3,(H,20,21)/t17-/m1/s1. The third kappa shape index (κ3) is 2.35. The molecule has 1 aliphatic heterocycles. The number of imidazole rings is 1. The Morgan fingerprint density at radius 2 is 2.26 bits per heavy atom. The van der Waals surface area contributed by atoms with E-state index in [2.05, 4.69) is 20.2 Å². The summed E-state index contributed by atoms with van der Waals surface area (Å²) >= 11 is 0. The molecular formula is C18H16FN7O. The van der Waals surface area contributed by atoms with E-state index in [1.165, 1.54) is 10.6 Å². The molecule has 0 saturated heterocycles. The van der Waals surface area contributed by atoms with Gasteiger partial charge in [-0.15, -0.1) is 0 Å². The first kappa shape index (κ1) is 15.7. The highest BCUT2D eigenvalue weighted by Gasteiger charge is 2.37. The fourth-order valence-electron chi connectivity index (χ4n) is 3.66. The maximum absolute atomic E-state index is 14.2. The normalized spacial score (nSPS) is 16.7. The van der Waals surface area contributed by atoms with E-state index in [9.17, 15) is 9.18 Å². The first-order valence-corrected chi connectivity index (χ1v) is 8.58. The van der Waals surface area contributed by atoms with Crippen molar-refractivity contribution in [3.63, 3.8) is 0 Å². The highest BCUT2D eigenvalue weighted by molar-refractivity contribution is 5.93. The largest absolute Gasteiger partial charge is 0.348 e. The molecule has 0 fully saturated rings. The number of halogens is 1. The molecule has 5 rings (SSSR count). The molecule has 27 heavy (non-hydrogen) atoms. The molecule has 1 amide bonds. The van der Waals surface area contributed by atoms with Crippen molar-refractivity contribution in [3.8, 4) is 0 Å². The van der Waals surface area contributed by atoms with Crippen LogP contribution >= 0.6 is 0 Å². The predicted molar refractivity (Wildman–Crippen MR) is 93.5 cm³/mol. The molecule has 8 nitrogen and oxygen atoms in total. The maximum atomic E-state index is 14.2. The van der Waals surface area contributed by atoms with E-state index >= 15 is 0 Å². The summed E-state index contributed by atoms with van der Waals surface area (Å²) in [6.07, 6.45) is 5.55. The number of rotatable bonds is 2. The van der Waals surface area contributed by atoms with Gasteiger partial charge >= 0.3 is 0 Å². The average Bonchev–Trinajstić information content (AvgIpc) is 3.39. The number of aromatic amines is 1. The molecular weight excluding hydrogens is 349 g/mol. The zero-order chi connectivity index (χ0) is 18.5. The van der Waals surface area contributed by atoms with Gasteiger partial charge in [0.1, 0.15) is 23.1 Å². The molecule has 9 heteroatoms. The molecule has 4 aromatic heterocycles. The van der Waals surface area contributed by atoms with Crippen LogP contribution < -0.4 is 0 Å². The van der Waals surface area contributed by atoms with E-state index in [1.807, 2.05) is 0 Å². The zero-order valence-corrected chi connectivity index (χ0v) is 14.5. The summed E-state index contributed by atoms with van der Waals surface area (Å²) in [4.78, 5) is 22.5. The quantitative estimate of drug-likeness (QED) is 0.586. The van der Waals surface area contributed by atoms with Crippen molar-refractivity contribution in [1.82, 2.24) is 34.3 Å². The third-order valence-corrected chi connectivity index (χ3v) is 4.98. The minimum absolute atomic E-state index is 0.161. The van der Waals surface area contributed by atoms with Gasteiger partial charge in [0.2, 0.25) is 0 Å². The number of H-pyrrole nitrogens is 1. The predicted octanol–water partition coefficient (Wildman–Crippen LogP) is 1.72. The molecule has 0 spiro atoms. The van der Waals surface area contributed by atoms with E-state index in [1.54, 1.807) is 53.5 Å². The monoisotopic (exact) mass is 365 g/mol. The molecule has 1 aliphatic rings. The number of amides is 1. The van der Waals surface area contributed by atoms with Gasteiger partial charge in [-0.3, -0.25) is 9.48 Å². The molecule has 0 radical (unpaired) electrons. The van der Waals surface area contributed by atoms with Crippen LogP contribution in [0.3, 0.4) is 0 Å². The highest BCUT2D eigenvalue weighted by Crippen LogP contribution is 2.34. The van der Waals surface area contributed by atoms with Crippen molar-refractivity contribution >= 4 is 11.4 Å². The Morgan fingerprint density at radius 3 is 3.04 bits per heavy atom. The van der Waals surface area contributed by atoms with Crippen molar-refractivity contribution in [2.45, 2.75) is 12.5 Å². The van der Waals surface area contributed by atoms with E-state index in [-0.39, 0.29) is 11.7 Å². The molecule has 0 bridgehead atoms. The molecule has 0 saturated carbocycles. The second-order valence-electron chi connectivity index (χ2n) is 6.51. The molecule has 1 atom stereocenters. The lowest BCUT2D eigenvalue weighted by Gasteiger charge is -2.33. The lowest BCUT2D eigenvalue weighted by atomic mass is 9.99. The minimum atomic E-state index is -0.498. The number of aryl methyl sites for hydroxylation is 1. The van der Waals surface area contributed by atoms with Crippen molar-refractivity contribution in [1.29, 1.82) is 0 Å². The number of nitrogens with one attached hydrogen (secondary N) is 1. The van der Waals surface area contributed by atoms with Gasteiger partial charge < -0.3 is 9.88 Å². The lowest BCUT2D eigenvalue weighted by molar-refractivity contribution is 0.0675. The summed E-state index contributed by atoms with van der Waals surface area (Å²) in [5.74, 6) is -0.523. The lowest BCUT2D eigenvalue weighted by Crippen LogP contribution is -2.41. The Bertz CT molecular complexity index is 1160. The summed E-state index contributed by atoms with van der Waals surface area (Å²) in [7, 11) is 1.73. The molecule has 5 heterocycles. The SMILES string of the molecule is Cn1nccc1C(=O)N1CCc2[nH]cnc2[C@H]1c1cc2c(F)cccn2n1. The zero-order valence-electron chi connectivity index (χ0n) is 14.5. The number of nitrogens with zero attached hydrogens (tertiary/aromatic N) is 6. The number of pyridine rings is 1. The van der Waals surface area contributed by atoms with Gasteiger partial charge in [-0.05, 0) is 24.3 Å². The van der Waals surface area contributed by atoms with Crippen molar-refractivity contribution in [2.75, 3.05) is 6.54 Å². The Morgan fingerprint density at radius 1 is 1.37 bits per heavy atom. The van der Waals surface area contributed by atoms with Gasteiger partial charge in [-0.1, -0.05) is 0 Å². The Hall–Kier alpha value is -3.49. The van der Waals surface area contributed by atoms with Crippen LogP contribution in [0.1, 0.15) is 33.6 Å². The number of hydrogen-bond donors (Lipinski definition) is 1. The van der Waals surface area contributed by atoms with Crippen LogP contribution in [0.4, 0.5) is 4.39 Å². The second kappa shape index (κ2) is 5.76. The molecule has 0 aliphatic carbocycles. The van der Waals surface area contributed by atoms with E-state index in [4.69, 9.17) is 0 Å². The molecule has 4 aromatic rings. The summed E-state index contributed by atoms with van der Waals surface area (Å²) in [6.45, 7) is 0.500. The number of hydrogen-bond acceptors (Lipinski definition) is 4. The van der Waals surface area contributed by atoms with Gasteiger partial charge in [0.05, 0.1) is 17.7 Å². The fraction of sp³-hybridized carbons (Fsp3) is 0.222. The van der Waals surface area contributed by atoms with Crippen LogP contribution in [0.25, 0.3) is 5.52 Å². The van der Waals surface area contributed by atoms with Gasteiger partial charge in [0.15, 0.2) is 0 Å². The number of fused-ring (bicyclic) bond motifs is 2. The van der Waals surface area contributed by atoms with Crippen LogP contribution in [-0.2, 0) is 13.5 Å². The smallest absolute Gasteiger partial charge is 0.273 e. The van der Waals surface area contributed by atoms with Crippen molar-refractivity contribution < 1.29 is 9.18 Å². The van der Waals surface area contributed by atoms with Crippen molar-refractivity contribution in [3.05, 3.63) is 71.6 Å². The molecule has 0 aromatic carbocycles. The fourth-order valence-corrected chi connectivity index (χ4v) is 3.66. The van der Waals surface area contributed by atoms with E-state index < -0.39 is 6.04 Å². The minimum Gasteiger partial charge on any atom is -0.348 e. The Kier molecular flexibility index (Phi) is 3.36. The Balaban J connectivity index is 1.66. The number of aromatic nitrogens is 6. The van der Waals surface area contributed by atoms with Crippen LogP contribution in [0, 0.1) is 5.82 Å². The molecule has 136 valence electrons. The summed E-state index contributed by atoms with van der Waals surface area (Å²) in [6, 6.07) is 5.84. The topological polar surface area (TPSA) is 84.1 Å². The van der Waals surface area contributed by atoms with Crippen LogP contribution in [0.15, 0.2) is 43.0 Å². The van der Waals surface area contributed by atoms with Crippen LogP contribution in [0.5, 0.6) is 0 Å². The van der Waals surface area contributed by atoms with Gasteiger partial charge in [-0.25, -0.2) is 13.9 Å². The molecule has 0 unspecified atom stereocenters. The van der Waals surface area contributed by atoms with E-state index in [0.717, 1.165) is 11.4 Å². The summed E-state index contributed by atoms with van der Waals surface area (Å²) in [5.41, 5.74) is 3.12. The summed E-state index contributed by atoms with van der Waals surface area (Å²) in [5, 5.41) is 8.61. The average molecular weight is 365 g/mol. The summed E-state index contributed by atoms with van der Waals surface area (Å²) < 4.78 is 17.2. The van der Waals surface area contributed by atoms with Gasteiger partial charge in [0.25, 0.3) is 5.91 Å². The second-order valence-corrected chi connectivity index (χ2v) is 6.51. The van der Waals surface area contributed by atoms with Crippen LogP contribution in [-0.4, -0.2) is 46.7 Å². The van der Waals surface area contributed by atoms with Crippen LogP contribution in [0.2, 0.25) is 0 Å². The molecule has 1 N–H and O–H groups in total. The highest BCUT2D eigenvalue weighted by atomic mass is 19.1. The van der Waals surface area contributed by atoms with E-state index in [0.29, 0.717) is 29.9 Å². The van der Waals surface area contributed by atoms with Crippen molar-refractivity contribution in [2.24, 2.45) is 7.05 Å². The first-order chi connectivity index (χ1) is 13.1. The van der Waals surface area contributed by atoms with Gasteiger partial charge in [0, 0.05) is 38.1 Å². The Labute approximate surface area is 153 Å². The third-order valence-electron chi connectivity index (χ3n) is 4.98. The maximum Gasteiger partial charge on any atom is 0.273 e. The number of carbonyl (C=O) groups excluding carboxylic acids is 1. The first-order valence-electron chi connectivity index (χ1n) is 8.58. The van der Waals surface area contributed by atoms with Gasteiger partial charge in [-0.2, -0.15) is 10.2 Å².